The summed E-state index contributed by atoms with van der Waals surface area (Å²) in [5.41, 5.74) is 1.42. The molecule has 0 saturated heterocycles. The van der Waals surface area contributed by atoms with E-state index in [1.165, 1.54) is 12.1 Å². The Morgan fingerprint density at radius 1 is 1.04 bits per heavy atom. The van der Waals surface area contributed by atoms with Crippen LogP contribution >= 0.6 is 23.2 Å². The van der Waals surface area contributed by atoms with Gasteiger partial charge in [0.15, 0.2) is 5.78 Å². The van der Waals surface area contributed by atoms with Crippen LogP contribution in [0.4, 0.5) is 5.69 Å². The van der Waals surface area contributed by atoms with Gasteiger partial charge in [-0.3, -0.25) is 9.59 Å². The second-order valence-electron chi connectivity index (χ2n) is 5.29. The molecular weight excluding hydrogens is 363 g/mol. The first-order valence-electron chi connectivity index (χ1n) is 7.29. The molecule has 1 aromatic heterocycles. The van der Waals surface area contributed by atoms with Crippen LogP contribution in [0.1, 0.15) is 32.2 Å². The third kappa shape index (κ3) is 3.73. The summed E-state index contributed by atoms with van der Waals surface area (Å²) in [6, 6.07) is 12.8. The molecule has 126 valence electrons. The topological polar surface area (TPSA) is 72.2 Å². The predicted octanol–water partition coefficient (Wildman–Crippen LogP) is 4.77. The van der Waals surface area contributed by atoms with Crippen LogP contribution in [0.15, 0.2) is 53.1 Å². The molecule has 0 aliphatic heterocycles. The van der Waals surface area contributed by atoms with E-state index in [1.807, 2.05) is 0 Å². The Hall–Kier alpha value is -2.63. The molecule has 1 heterocycles. The first-order valence-corrected chi connectivity index (χ1v) is 8.05. The summed E-state index contributed by atoms with van der Waals surface area (Å²) >= 11 is 12.1. The Morgan fingerprint density at radius 2 is 1.80 bits per heavy atom. The van der Waals surface area contributed by atoms with Crippen molar-refractivity contribution in [2.45, 2.75) is 6.92 Å². The smallest absolute Gasteiger partial charge is 0.294 e. The highest BCUT2D eigenvalue weighted by molar-refractivity contribution is 6.36. The van der Waals surface area contributed by atoms with Gasteiger partial charge in [0.1, 0.15) is 0 Å². The fourth-order valence-electron chi connectivity index (χ4n) is 2.26. The van der Waals surface area contributed by atoms with Gasteiger partial charge < -0.3 is 9.84 Å². The van der Waals surface area contributed by atoms with Crippen LogP contribution in [0.3, 0.4) is 0 Å². The van der Waals surface area contributed by atoms with Crippen molar-refractivity contribution in [3.05, 3.63) is 81.2 Å². The Kier molecular flexibility index (Phi) is 4.88. The number of hydrogen-bond donors (Lipinski definition) is 1. The van der Waals surface area contributed by atoms with Gasteiger partial charge in [0.05, 0.1) is 16.4 Å². The summed E-state index contributed by atoms with van der Waals surface area (Å²) in [6.45, 7) is 1.70. The number of rotatable bonds is 4. The summed E-state index contributed by atoms with van der Waals surface area (Å²) in [5, 5.41) is 6.99. The van der Waals surface area contributed by atoms with Crippen LogP contribution in [-0.4, -0.2) is 16.8 Å². The van der Waals surface area contributed by atoms with E-state index in [9.17, 15) is 9.59 Å². The zero-order valence-corrected chi connectivity index (χ0v) is 14.6. The van der Waals surface area contributed by atoms with Crippen LogP contribution in [-0.2, 0) is 0 Å². The Balaban J connectivity index is 1.97. The van der Waals surface area contributed by atoms with Gasteiger partial charge in [-0.1, -0.05) is 40.5 Å². The van der Waals surface area contributed by atoms with Gasteiger partial charge >= 0.3 is 0 Å². The minimum Gasteiger partial charge on any atom is -0.351 e. The summed E-state index contributed by atoms with van der Waals surface area (Å²) in [5.74, 6) is -0.822. The molecule has 1 N–H and O–H groups in total. The molecule has 5 nitrogen and oxygen atoms in total. The zero-order valence-electron chi connectivity index (χ0n) is 13.0. The van der Waals surface area contributed by atoms with Crippen LogP contribution in [0, 0.1) is 6.92 Å². The minimum absolute atomic E-state index is 0.0450. The maximum absolute atomic E-state index is 12.8. The summed E-state index contributed by atoms with van der Waals surface area (Å²) in [6.07, 6.45) is 0. The lowest BCUT2D eigenvalue weighted by Gasteiger charge is -2.11. The summed E-state index contributed by atoms with van der Waals surface area (Å²) in [4.78, 5) is 25.1. The molecular formula is C18H12Cl2N2O3. The molecule has 2 aromatic carbocycles. The van der Waals surface area contributed by atoms with Gasteiger partial charge in [0, 0.05) is 22.2 Å². The molecule has 1 amide bonds. The lowest BCUT2D eigenvalue weighted by molar-refractivity contribution is 0.0988. The van der Waals surface area contributed by atoms with Gasteiger partial charge in [-0.15, -0.1) is 0 Å². The van der Waals surface area contributed by atoms with Crippen LogP contribution in [0.25, 0.3) is 0 Å². The highest BCUT2D eigenvalue weighted by atomic mass is 35.5. The van der Waals surface area contributed by atoms with Gasteiger partial charge in [-0.05, 0) is 37.3 Å². The number of nitrogens with zero attached hydrogens (tertiary/aromatic N) is 1. The normalized spacial score (nSPS) is 10.5. The van der Waals surface area contributed by atoms with E-state index < -0.39 is 5.91 Å². The quantitative estimate of drug-likeness (QED) is 0.667. The number of aryl methyl sites for hydroxylation is 1. The monoisotopic (exact) mass is 374 g/mol. The van der Waals surface area contributed by atoms with Gasteiger partial charge in [0.25, 0.3) is 5.91 Å². The van der Waals surface area contributed by atoms with E-state index in [2.05, 4.69) is 10.5 Å². The molecule has 25 heavy (non-hydrogen) atoms. The molecule has 0 aliphatic carbocycles. The summed E-state index contributed by atoms with van der Waals surface area (Å²) < 4.78 is 4.93. The Bertz CT molecular complexity index is 966. The predicted molar refractivity (Wildman–Crippen MR) is 95.5 cm³/mol. The highest BCUT2D eigenvalue weighted by Crippen LogP contribution is 2.27. The van der Waals surface area contributed by atoms with E-state index >= 15 is 0 Å². The van der Waals surface area contributed by atoms with Crippen molar-refractivity contribution in [1.29, 1.82) is 0 Å². The molecule has 0 unspecified atom stereocenters. The van der Waals surface area contributed by atoms with Crippen molar-refractivity contribution < 1.29 is 14.1 Å². The van der Waals surface area contributed by atoms with E-state index in [-0.39, 0.29) is 17.1 Å². The van der Waals surface area contributed by atoms with Crippen molar-refractivity contribution in [3.63, 3.8) is 0 Å². The number of amides is 1. The van der Waals surface area contributed by atoms with Crippen molar-refractivity contribution in [3.8, 4) is 0 Å². The lowest BCUT2D eigenvalue weighted by atomic mass is 10.0. The van der Waals surface area contributed by atoms with Crippen LogP contribution in [0.2, 0.25) is 10.0 Å². The standard InChI is InChI=1S/C18H12Cl2N2O3/c1-10-8-16(25-22-10)18(24)21-15-7-6-11(19)9-13(15)17(23)12-4-2-3-5-14(12)20/h2-9H,1H3,(H,21,24). The number of carbonyl (C=O) groups excluding carboxylic acids is 2. The first kappa shape index (κ1) is 17.2. The molecule has 0 fully saturated rings. The van der Waals surface area contributed by atoms with Gasteiger partial charge in [0.2, 0.25) is 5.76 Å². The van der Waals surface area contributed by atoms with Crippen LogP contribution in [0.5, 0.6) is 0 Å². The maximum Gasteiger partial charge on any atom is 0.294 e. The van der Waals surface area contributed by atoms with Crippen molar-refractivity contribution in [2.75, 3.05) is 5.32 Å². The average molecular weight is 375 g/mol. The number of halogens is 2. The van der Waals surface area contributed by atoms with E-state index in [0.29, 0.717) is 27.0 Å². The molecule has 3 aromatic rings. The van der Waals surface area contributed by atoms with Gasteiger partial charge in [-0.2, -0.15) is 0 Å². The molecule has 0 atom stereocenters. The largest absolute Gasteiger partial charge is 0.351 e. The summed E-state index contributed by atoms with van der Waals surface area (Å²) in [7, 11) is 0. The number of ketones is 1. The molecule has 7 heteroatoms. The van der Waals surface area contributed by atoms with Crippen LogP contribution < -0.4 is 5.32 Å². The molecule has 0 saturated carbocycles. The number of carbonyl (C=O) groups is 2. The SMILES string of the molecule is Cc1cc(C(=O)Nc2ccc(Cl)cc2C(=O)c2ccccc2Cl)on1. The second-order valence-corrected chi connectivity index (χ2v) is 6.13. The molecule has 3 rings (SSSR count). The number of anilines is 1. The third-order valence-electron chi connectivity index (χ3n) is 3.44. The fourth-order valence-corrected chi connectivity index (χ4v) is 2.65. The molecule has 0 bridgehead atoms. The van der Waals surface area contributed by atoms with Crippen molar-refractivity contribution in [2.24, 2.45) is 0 Å². The van der Waals surface area contributed by atoms with E-state index in [1.54, 1.807) is 43.3 Å². The molecule has 0 spiro atoms. The number of benzene rings is 2. The maximum atomic E-state index is 12.8. The first-order chi connectivity index (χ1) is 12.0. The zero-order chi connectivity index (χ0) is 18.0. The molecule has 0 radical (unpaired) electrons. The van der Waals surface area contributed by atoms with Crippen molar-refractivity contribution in [1.82, 2.24) is 5.16 Å². The third-order valence-corrected chi connectivity index (χ3v) is 4.01. The number of aromatic nitrogens is 1. The van der Waals surface area contributed by atoms with E-state index in [4.69, 9.17) is 27.7 Å². The highest BCUT2D eigenvalue weighted by Gasteiger charge is 2.20. The number of hydrogen-bond acceptors (Lipinski definition) is 4. The average Bonchev–Trinajstić information content (AvgIpc) is 3.03. The number of nitrogens with one attached hydrogen (secondary N) is 1. The van der Waals surface area contributed by atoms with Gasteiger partial charge in [-0.25, -0.2) is 0 Å². The second kappa shape index (κ2) is 7.09. The lowest BCUT2D eigenvalue weighted by Crippen LogP contribution is -2.15. The molecule has 0 aliphatic rings. The Labute approximate surface area is 153 Å². The minimum atomic E-state index is -0.517. The fraction of sp³-hybridized carbons (Fsp3) is 0.0556. The van der Waals surface area contributed by atoms with E-state index in [0.717, 1.165) is 0 Å². The Morgan fingerprint density at radius 3 is 2.48 bits per heavy atom. The van der Waals surface area contributed by atoms with Crippen molar-refractivity contribution >= 4 is 40.6 Å².